The molecule has 0 atom stereocenters. The summed E-state index contributed by atoms with van der Waals surface area (Å²) in [7, 11) is 0. The lowest BCUT2D eigenvalue weighted by atomic mass is 10.3. The molecule has 1 heterocycles. The molecule has 3 nitrogen and oxygen atoms in total. The van der Waals surface area contributed by atoms with Crippen LogP contribution in [0.1, 0.15) is 12.8 Å². The predicted octanol–water partition coefficient (Wildman–Crippen LogP) is 4.49. The van der Waals surface area contributed by atoms with Crippen molar-refractivity contribution in [2.75, 3.05) is 6.61 Å². The number of thiazole rings is 1. The van der Waals surface area contributed by atoms with Crippen LogP contribution in [-0.2, 0) is 0 Å². The van der Waals surface area contributed by atoms with Crippen molar-refractivity contribution in [3.8, 4) is 16.7 Å². The van der Waals surface area contributed by atoms with Crippen molar-refractivity contribution in [3.63, 3.8) is 0 Å². The first-order chi connectivity index (χ1) is 8.79. The van der Waals surface area contributed by atoms with Crippen LogP contribution in [0.2, 0.25) is 0 Å². The third-order valence-corrected chi connectivity index (χ3v) is 4.02. The van der Waals surface area contributed by atoms with E-state index in [1.165, 1.54) is 24.2 Å². The second-order valence-corrected chi connectivity index (χ2v) is 6.63. The Morgan fingerprint density at radius 3 is 2.56 bits per heavy atom. The van der Waals surface area contributed by atoms with E-state index in [9.17, 15) is 0 Å². The van der Waals surface area contributed by atoms with E-state index in [1.54, 1.807) is 6.20 Å². The Morgan fingerprint density at radius 2 is 1.94 bits per heavy atom. The van der Waals surface area contributed by atoms with E-state index in [2.05, 4.69) is 20.9 Å². The van der Waals surface area contributed by atoms with Gasteiger partial charge in [-0.3, -0.25) is 0 Å². The van der Waals surface area contributed by atoms with Gasteiger partial charge in [-0.1, -0.05) is 11.3 Å². The molecule has 0 bridgehead atoms. The van der Waals surface area contributed by atoms with Crippen molar-refractivity contribution in [2.45, 2.75) is 12.8 Å². The quantitative estimate of drug-likeness (QED) is 0.811. The van der Waals surface area contributed by atoms with Crippen molar-refractivity contribution in [2.24, 2.45) is 5.92 Å². The van der Waals surface area contributed by atoms with E-state index in [1.807, 2.05) is 24.3 Å². The summed E-state index contributed by atoms with van der Waals surface area (Å²) in [5, 5.41) is 0.633. The normalized spacial score (nSPS) is 14.5. The number of aromatic nitrogens is 1. The van der Waals surface area contributed by atoms with Gasteiger partial charge in [-0.25, -0.2) is 4.98 Å². The van der Waals surface area contributed by atoms with Crippen LogP contribution in [0.3, 0.4) is 0 Å². The summed E-state index contributed by atoms with van der Waals surface area (Å²) in [6.07, 6.45) is 4.34. The Bertz CT molecular complexity index is 522. The second-order valence-electron chi connectivity index (χ2n) is 4.26. The number of benzene rings is 1. The van der Waals surface area contributed by atoms with Crippen molar-refractivity contribution in [1.29, 1.82) is 0 Å². The molecule has 1 saturated carbocycles. The van der Waals surface area contributed by atoms with Gasteiger partial charge in [0.25, 0.3) is 5.19 Å². The summed E-state index contributed by atoms with van der Waals surface area (Å²) in [6, 6.07) is 7.66. The summed E-state index contributed by atoms with van der Waals surface area (Å²) in [4.78, 5) is 4.12. The Balaban J connectivity index is 1.59. The van der Waals surface area contributed by atoms with E-state index in [4.69, 9.17) is 9.47 Å². The Labute approximate surface area is 118 Å². The van der Waals surface area contributed by atoms with Crippen LogP contribution in [0.4, 0.5) is 0 Å². The highest BCUT2D eigenvalue weighted by molar-refractivity contribution is 9.11. The topological polar surface area (TPSA) is 31.4 Å². The van der Waals surface area contributed by atoms with E-state index < -0.39 is 0 Å². The molecule has 0 aliphatic heterocycles. The van der Waals surface area contributed by atoms with Gasteiger partial charge < -0.3 is 9.47 Å². The molecule has 18 heavy (non-hydrogen) atoms. The second kappa shape index (κ2) is 5.28. The number of hydrogen-bond acceptors (Lipinski definition) is 4. The lowest BCUT2D eigenvalue weighted by Gasteiger charge is -2.06. The maximum absolute atomic E-state index is 5.66. The molecule has 1 aliphatic carbocycles. The van der Waals surface area contributed by atoms with E-state index >= 15 is 0 Å². The van der Waals surface area contributed by atoms with Crippen LogP contribution in [-0.4, -0.2) is 11.6 Å². The van der Waals surface area contributed by atoms with Crippen LogP contribution in [0, 0.1) is 5.92 Å². The number of ether oxygens (including phenoxy) is 2. The van der Waals surface area contributed by atoms with Crippen molar-refractivity contribution >= 4 is 27.3 Å². The average Bonchev–Trinajstić information content (AvgIpc) is 3.12. The molecule has 1 fully saturated rings. The number of rotatable bonds is 5. The molecule has 1 aromatic carbocycles. The summed E-state index contributed by atoms with van der Waals surface area (Å²) < 4.78 is 12.2. The summed E-state index contributed by atoms with van der Waals surface area (Å²) >= 11 is 4.81. The van der Waals surface area contributed by atoms with Gasteiger partial charge >= 0.3 is 0 Å². The van der Waals surface area contributed by atoms with Gasteiger partial charge in [0, 0.05) is 0 Å². The largest absolute Gasteiger partial charge is 0.493 e. The summed E-state index contributed by atoms with van der Waals surface area (Å²) in [5.74, 6) is 2.44. The fraction of sp³-hybridized carbons (Fsp3) is 0.308. The first kappa shape index (κ1) is 12.0. The van der Waals surface area contributed by atoms with Crippen LogP contribution in [0.15, 0.2) is 34.2 Å². The molecule has 0 amide bonds. The molecule has 94 valence electrons. The van der Waals surface area contributed by atoms with Crippen molar-refractivity contribution in [3.05, 3.63) is 34.2 Å². The maximum atomic E-state index is 5.66. The van der Waals surface area contributed by atoms with E-state index in [0.29, 0.717) is 5.19 Å². The van der Waals surface area contributed by atoms with Crippen LogP contribution in [0.5, 0.6) is 16.7 Å². The molecule has 3 rings (SSSR count). The Hall–Kier alpha value is -1.07. The molecule has 0 unspecified atom stereocenters. The molecule has 0 spiro atoms. The molecule has 1 aliphatic rings. The molecular formula is C13H12BrNO2S. The minimum Gasteiger partial charge on any atom is -0.493 e. The van der Waals surface area contributed by atoms with Gasteiger partial charge in [-0.15, -0.1) is 0 Å². The van der Waals surface area contributed by atoms with Crippen molar-refractivity contribution < 1.29 is 9.47 Å². The number of hydrogen-bond donors (Lipinski definition) is 0. The van der Waals surface area contributed by atoms with Crippen molar-refractivity contribution in [1.82, 2.24) is 4.98 Å². The monoisotopic (exact) mass is 325 g/mol. The van der Waals surface area contributed by atoms with Crippen LogP contribution < -0.4 is 9.47 Å². The first-order valence-corrected chi connectivity index (χ1v) is 7.42. The molecule has 0 saturated heterocycles. The highest BCUT2D eigenvalue weighted by Crippen LogP contribution is 2.31. The smallest absolute Gasteiger partial charge is 0.279 e. The molecular weight excluding hydrogens is 314 g/mol. The Kier molecular flexibility index (Phi) is 3.52. The number of nitrogens with zero attached hydrogens (tertiary/aromatic N) is 1. The van der Waals surface area contributed by atoms with Gasteiger partial charge in [0.2, 0.25) is 0 Å². The standard InChI is InChI=1S/C13H12BrNO2S/c14-12-7-15-13(18-12)17-11-5-3-10(4-6-11)16-8-9-1-2-9/h3-7,9H,1-2,8H2. The van der Waals surface area contributed by atoms with Gasteiger partial charge in [0.05, 0.1) is 16.6 Å². The highest BCUT2D eigenvalue weighted by atomic mass is 79.9. The van der Waals surface area contributed by atoms with E-state index in [0.717, 1.165) is 27.8 Å². The third-order valence-electron chi connectivity index (χ3n) is 2.67. The minimum absolute atomic E-state index is 0.633. The fourth-order valence-electron chi connectivity index (χ4n) is 1.49. The predicted molar refractivity (Wildman–Crippen MR) is 74.5 cm³/mol. The van der Waals surface area contributed by atoms with Gasteiger partial charge in [-0.2, -0.15) is 0 Å². The lowest BCUT2D eigenvalue weighted by molar-refractivity contribution is 0.299. The third kappa shape index (κ3) is 3.23. The van der Waals surface area contributed by atoms with Gasteiger partial charge in [-0.05, 0) is 59.0 Å². The molecule has 0 N–H and O–H groups in total. The fourth-order valence-corrected chi connectivity index (χ4v) is 2.52. The van der Waals surface area contributed by atoms with Gasteiger partial charge in [0.15, 0.2) is 0 Å². The minimum atomic E-state index is 0.633. The molecule has 5 heteroatoms. The maximum Gasteiger partial charge on any atom is 0.279 e. The first-order valence-electron chi connectivity index (χ1n) is 5.81. The SMILES string of the molecule is Brc1cnc(Oc2ccc(OCC3CC3)cc2)s1. The van der Waals surface area contributed by atoms with Crippen LogP contribution in [0.25, 0.3) is 0 Å². The molecule has 0 radical (unpaired) electrons. The zero-order chi connectivity index (χ0) is 12.4. The summed E-state index contributed by atoms with van der Waals surface area (Å²) in [6.45, 7) is 0.833. The zero-order valence-corrected chi connectivity index (χ0v) is 12.0. The average molecular weight is 326 g/mol. The lowest BCUT2D eigenvalue weighted by Crippen LogP contribution is -1.98. The molecule has 1 aromatic heterocycles. The number of halogens is 1. The highest BCUT2D eigenvalue weighted by Gasteiger charge is 2.21. The van der Waals surface area contributed by atoms with E-state index in [-0.39, 0.29) is 0 Å². The van der Waals surface area contributed by atoms with Crippen LogP contribution >= 0.6 is 27.3 Å². The zero-order valence-electron chi connectivity index (χ0n) is 9.64. The summed E-state index contributed by atoms with van der Waals surface area (Å²) in [5.41, 5.74) is 0. The Morgan fingerprint density at radius 1 is 1.22 bits per heavy atom. The van der Waals surface area contributed by atoms with Gasteiger partial charge in [0.1, 0.15) is 11.5 Å². The molecule has 2 aromatic rings.